The van der Waals surface area contributed by atoms with Crippen LogP contribution >= 0.6 is 46.3 Å². The molecule has 30 heavy (non-hydrogen) atoms. The molecule has 0 saturated carbocycles. The SMILES string of the molecule is COc1cccc(CN(C)C(=O)c2cc([N+](=O)[O-])c(Sc3c(Cl)cncc3Cl)s2)c1. The molecule has 2 heterocycles. The van der Waals surface area contributed by atoms with Gasteiger partial charge in [-0.1, -0.05) is 47.1 Å². The Labute approximate surface area is 190 Å². The Hall–Kier alpha value is -2.33. The van der Waals surface area contributed by atoms with E-state index in [4.69, 9.17) is 27.9 Å². The third kappa shape index (κ3) is 5.04. The van der Waals surface area contributed by atoms with Crippen molar-refractivity contribution in [1.29, 1.82) is 0 Å². The van der Waals surface area contributed by atoms with Crippen LogP contribution in [0, 0.1) is 10.1 Å². The lowest BCUT2D eigenvalue weighted by molar-refractivity contribution is -0.387. The van der Waals surface area contributed by atoms with Gasteiger partial charge in [0.05, 0.1) is 27.0 Å². The molecule has 2 aromatic heterocycles. The summed E-state index contributed by atoms with van der Waals surface area (Å²) in [6.07, 6.45) is 2.81. The number of nitro groups is 1. The van der Waals surface area contributed by atoms with E-state index in [1.807, 2.05) is 24.3 Å². The Morgan fingerprint density at radius 3 is 2.63 bits per heavy atom. The minimum absolute atomic E-state index is 0.174. The monoisotopic (exact) mass is 483 g/mol. The lowest BCUT2D eigenvalue weighted by Gasteiger charge is -2.16. The molecule has 0 fully saturated rings. The first kappa shape index (κ1) is 22.4. The number of rotatable bonds is 7. The number of carbonyl (C=O) groups excluding carboxylic acids is 1. The van der Waals surface area contributed by atoms with Crippen LogP contribution in [-0.2, 0) is 6.54 Å². The summed E-state index contributed by atoms with van der Waals surface area (Å²) in [5, 5.41) is 12.1. The zero-order valence-corrected chi connectivity index (χ0v) is 18.9. The first-order chi connectivity index (χ1) is 14.3. The predicted molar refractivity (Wildman–Crippen MR) is 118 cm³/mol. The largest absolute Gasteiger partial charge is 0.497 e. The number of amides is 1. The van der Waals surface area contributed by atoms with Gasteiger partial charge in [-0.05, 0) is 17.7 Å². The van der Waals surface area contributed by atoms with Crippen molar-refractivity contribution in [2.24, 2.45) is 0 Å². The van der Waals surface area contributed by atoms with E-state index in [0.29, 0.717) is 21.4 Å². The fraction of sp³-hybridized carbons (Fsp3) is 0.158. The summed E-state index contributed by atoms with van der Waals surface area (Å²) in [4.78, 5) is 30.0. The number of nitrogens with zero attached hydrogens (tertiary/aromatic N) is 3. The Morgan fingerprint density at radius 2 is 2.00 bits per heavy atom. The van der Waals surface area contributed by atoms with Crippen molar-refractivity contribution >= 4 is 57.9 Å². The second-order valence-electron chi connectivity index (χ2n) is 6.09. The molecule has 11 heteroatoms. The van der Waals surface area contributed by atoms with Crippen molar-refractivity contribution in [1.82, 2.24) is 9.88 Å². The van der Waals surface area contributed by atoms with Crippen molar-refractivity contribution in [2.75, 3.05) is 14.2 Å². The molecule has 0 aliphatic carbocycles. The first-order valence-electron chi connectivity index (χ1n) is 8.43. The Morgan fingerprint density at radius 1 is 1.30 bits per heavy atom. The van der Waals surface area contributed by atoms with Crippen molar-refractivity contribution < 1.29 is 14.5 Å². The van der Waals surface area contributed by atoms with Crippen LogP contribution in [0.25, 0.3) is 0 Å². The number of ether oxygens (including phenoxy) is 1. The number of hydrogen-bond acceptors (Lipinski definition) is 7. The maximum Gasteiger partial charge on any atom is 0.294 e. The number of carbonyl (C=O) groups is 1. The standard InChI is InChI=1S/C19H15Cl2N3O4S2/c1-23(10-11-4-3-5-12(6-11)28-2)18(25)16-7-15(24(26)27)19(29-16)30-17-13(20)8-22-9-14(17)21/h3-9H,10H2,1-2H3. The summed E-state index contributed by atoms with van der Waals surface area (Å²) < 4.78 is 5.51. The summed E-state index contributed by atoms with van der Waals surface area (Å²) in [5.41, 5.74) is 0.702. The van der Waals surface area contributed by atoms with E-state index in [1.165, 1.54) is 23.4 Å². The molecular weight excluding hydrogens is 469 g/mol. The molecule has 3 aromatic rings. The molecule has 0 saturated heterocycles. The van der Waals surface area contributed by atoms with Gasteiger partial charge in [-0.25, -0.2) is 0 Å². The van der Waals surface area contributed by atoms with Gasteiger partial charge in [0.2, 0.25) is 0 Å². The van der Waals surface area contributed by atoms with E-state index >= 15 is 0 Å². The Kier molecular flexibility index (Phi) is 7.19. The van der Waals surface area contributed by atoms with Crippen molar-refractivity contribution in [3.8, 4) is 5.75 Å². The predicted octanol–water partition coefficient (Wildman–Crippen LogP) is 5.79. The lowest BCUT2D eigenvalue weighted by Crippen LogP contribution is -2.25. The van der Waals surface area contributed by atoms with Crippen LogP contribution in [-0.4, -0.2) is 34.9 Å². The molecule has 7 nitrogen and oxygen atoms in total. The van der Waals surface area contributed by atoms with Gasteiger partial charge >= 0.3 is 0 Å². The van der Waals surface area contributed by atoms with Crippen LogP contribution in [0.15, 0.2) is 51.8 Å². The molecule has 0 aliphatic heterocycles. The smallest absolute Gasteiger partial charge is 0.294 e. The van der Waals surface area contributed by atoms with E-state index in [-0.39, 0.29) is 26.5 Å². The summed E-state index contributed by atoms with van der Waals surface area (Å²) in [6, 6.07) is 8.62. The minimum atomic E-state index is -0.527. The maximum absolute atomic E-state index is 12.9. The van der Waals surface area contributed by atoms with Gasteiger partial charge in [-0.15, -0.1) is 11.3 Å². The van der Waals surface area contributed by atoms with Crippen LogP contribution in [0.4, 0.5) is 5.69 Å². The second-order valence-corrected chi connectivity index (χ2v) is 9.23. The molecule has 0 bridgehead atoms. The topological polar surface area (TPSA) is 85.6 Å². The molecule has 3 rings (SSSR count). The van der Waals surface area contributed by atoms with Crippen LogP contribution in [0.2, 0.25) is 10.0 Å². The number of benzene rings is 1. The number of methoxy groups -OCH3 is 1. The van der Waals surface area contributed by atoms with E-state index in [0.717, 1.165) is 28.7 Å². The normalized spacial score (nSPS) is 10.7. The van der Waals surface area contributed by atoms with Gasteiger partial charge in [0.25, 0.3) is 11.6 Å². The van der Waals surface area contributed by atoms with Gasteiger partial charge in [0.15, 0.2) is 0 Å². The van der Waals surface area contributed by atoms with E-state index in [9.17, 15) is 14.9 Å². The number of thiophene rings is 1. The minimum Gasteiger partial charge on any atom is -0.497 e. The fourth-order valence-electron chi connectivity index (χ4n) is 2.56. The lowest BCUT2D eigenvalue weighted by atomic mass is 10.2. The highest BCUT2D eigenvalue weighted by molar-refractivity contribution is 8.01. The van der Waals surface area contributed by atoms with Crippen LogP contribution in [0.1, 0.15) is 15.2 Å². The summed E-state index contributed by atoms with van der Waals surface area (Å²) in [5.74, 6) is 0.356. The van der Waals surface area contributed by atoms with E-state index in [2.05, 4.69) is 4.98 Å². The highest BCUT2D eigenvalue weighted by Crippen LogP contribution is 2.45. The second kappa shape index (κ2) is 9.65. The molecule has 0 spiro atoms. The third-order valence-corrected chi connectivity index (χ3v) is 7.23. The zero-order chi connectivity index (χ0) is 21.8. The van der Waals surface area contributed by atoms with Gasteiger partial charge in [0.1, 0.15) is 14.8 Å². The molecule has 1 aromatic carbocycles. The molecule has 0 unspecified atom stereocenters. The van der Waals surface area contributed by atoms with Crippen molar-refractivity contribution in [3.05, 3.63) is 73.3 Å². The van der Waals surface area contributed by atoms with Gasteiger partial charge in [-0.3, -0.25) is 19.9 Å². The number of halogens is 2. The summed E-state index contributed by atoms with van der Waals surface area (Å²) in [6.45, 7) is 0.326. The third-order valence-electron chi connectivity index (χ3n) is 3.99. The van der Waals surface area contributed by atoms with Crippen LogP contribution in [0.5, 0.6) is 5.75 Å². The molecule has 0 radical (unpaired) electrons. The van der Waals surface area contributed by atoms with E-state index < -0.39 is 4.92 Å². The fourth-order valence-corrected chi connectivity index (χ4v) is 5.42. The zero-order valence-electron chi connectivity index (χ0n) is 15.8. The maximum atomic E-state index is 12.9. The average molecular weight is 484 g/mol. The van der Waals surface area contributed by atoms with Crippen LogP contribution in [0.3, 0.4) is 0 Å². The summed E-state index contributed by atoms with van der Waals surface area (Å²) >= 11 is 14.3. The van der Waals surface area contributed by atoms with Crippen LogP contribution < -0.4 is 4.74 Å². The highest BCUT2D eigenvalue weighted by Gasteiger charge is 2.26. The molecule has 156 valence electrons. The number of pyridine rings is 1. The average Bonchev–Trinajstić information content (AvgIpc) is 3.14. The number of aromatic nitrogens is 1. The molecule has 1 amide bonds. The van der Waals surface area contributed by atoms with Crippen molar-refractivity contribution in [3.63, 3.8) is 0 Å². The number of hydrogen-bond donors (Lipinski definition) is 0. The van der Waals surface area contributed by atoms with E-state index in [1.54, 1.807) is 14.2 Å². The first-order valence-corrected chi connectivity index (χ1v) is 10.8. The molecule has 0 N–H and O–H groups in total. The molecule has 0 aliphatic rings. The molecular formula is C19H15Cl2N3O4S2. The van der Waals surface area contributed by atoms with Gasteiger partial charge < -0.3 is 9.64 Å². The Balaban J connectivity index is 1.86. The van der Waals surface area contributed by atoms with Gasteiger partial charge in [0, 0.05) is 32.1 Å². The quantitative estimate of drug-likeness (QED) is 0.312. The Bertz CT molecular complexity index is 1090. The van der Waals surface area contributed by atoms with Gasteiger partial charge in [-0.2, -0.15) is 0 Å². The summed E-state index contributed by atoms with van der Waals surface area (Å²) in [7, 11) is 3.20. The van der Waals surface area contributed by atoms with Crippen molar-refractivity contribution in [2.45, 2.75) is 15.6 Å². The molecule has 0 atom stereocenters. The highest BCUT2D eigenvalue weighted by atomic mass is 35.5.